The molecule has 2 N–H and O–H groups in total. The van der Waals surface area contributed by atoms with Crippen LogP contribution in [0.2, 0.25) is 0 Å². The maximum absolute atomic E-state index is 12.4. The zero-order valence-electron chi connectivity index (χ0n) is 18.8. The second kappa shape index (κ2) is 9.68. The van der Waals surface area contributed by atoms with Crippen LogP contribution in [0.25, 0.3) is 0 Å². The normalized spacial score (nSPS) is 13.5. The van der Waals surface area contributed by atoms with E-state index >= 15 is 0 Å². The number of aryl methyl sites for hydroxylation is 1. The standard InChI is InChI=1S/C25H27N5O3/c1-17-22(18(2)30(28-17)16-19-6-4-3-5-7-19)14-26-25(33)27-21-10-8-20(9-11-21)15-29-23(31)12-13-24(29)32/h3-11H,12-16H2,1-2H3,(H2,26,27,33). The minimum atomic E-state index is -0.317. The van der Waals surface area contributed by atoms with Crippen LogP contribution in [0, 0.1) is 13.8 Å². The van der Waals surface area contributed by atoms with Crippen molar-refractivity contribution >= 4 is 23.5 Å². The first-order chi connectivity index (χ1) is 15.9. The number of amides is 4. The van der Waals surface area contributed by atoms with Crippen LogP contribution in [0.1, 0.15) is 40.9 Å². The van der Waals surface area contributed by atoms with Crippen LogP contribution in [-0.2, 0) is 29.2 Å². The van der Waals surface area contributed by atoms with Gasteiger partial charge in [-0.25, -0.2) is 4.79 Å². The summed E-state index contributed by atoms with van der Waals surface area (Å²) in [5.41, 5.74) is 5.54. The third-order valence-corrected chi connectivity index (χ3v) is 5.84. The third kappa shape index (κ3) is 5.28. The molecule has 0 unspecified atom stereocenters. The second-order valence-corrected chi connectivity index (χ2v) is 8.17. The zero-order valence-corrected chi connectivity index (χ0v) is 18.8. The monoisotopic (exact) mass is 445 g/mol. The van der Waals surface area contributed by atoms with Crippen LogP contribution in [0.4, 0.5) is 10.5 Å². The smallest absolute Gasteiger partial charge is 0.319 e. The highest BCUT2D eigenvalue weighted by atomic mass is 16.2. The average Bonchev–Trinajstić information content (AvgIpc) is 3.26. The molecule has 8 heteroatoms. The lowest BCUT2D eigenvalue weighted by atomic mass is 10.2. The van der Waals surface area contributed by atoms with Crippen molar-refractivity contribution in [3.8, 4) is 0 Å². The van der Waals surface area contributed by atoms with E-state index in [0.717, 1.165) is 22.5 Å². The summed E-state index contributed by atoms with van der Waals surface area (Å²) in [4.78, 5) is 37.2. The summed E-state index contributed by atoms with van der Waals surface area (Å²) in [5.74, 6) is -0.279. The van der Waals surface area contributed by atoms with E-state index < -0.39 is 0 Å². The van der Waals surface area contributed by atoms with Crippen LogP contribution in [-0.4, -0.2) is 32.5 Å². The van der Waals surface area contributed by atoms with Crippen molar-refractivity contribution in [1.82, 2.24) is 20.0 Å². The molecule has 0 aliphatic carbocycles. The number of carbonyl (C=O) groups excluding carboxylic acids is 3. The Morgan fingerprint density at radius 3 is 2.21 bits per heavy atom. The Hall–Kier alpha value is -3.94. The van der Waals surface area contributed by atoms with Crippen LogP contribution in [0.3, 0.4) is 0 Å². The molecule has 1 aliphatic heterocycles. The second-order valence-electron chi connectivity index (χ2n) is 8.17. The highest BCUT2D eigenvalue weighted by molar-refractivity contribution is 6.01. The largest absolute Gasteiger partial charge is 0.334 e. The molecule has 2 aromatic carbocycles. The summed E-state index contributed by atoms with van der Waals surface area (Å²) in [7, 11) is 0. The van der Waals surface area contributed by atoms with E-state index in [1.165, 1.54) is 10.5 Å². The Kier molecular flexibility index (Phi) is 6.53. The Morgan fingerprint density at radius 2 is 1.55 bits per heavy atom. The number of hydrogen-bond acceptors (Lipinski definition) is 4. The van der Waals surface area contributed by atoms with Crippen LogP contribution < -0.4 is 10.6 Å². The molecule has 4 rings (SSSR count). The molecule has 33 heavy (non-hydrogen) atoms. The van der Waals surface area contributed by atoms with Gasteiger partial charge in [-0.2, -0.15) is 5.10 Å². The summed E-state index contributed by atoms with van der Waals surface area (Å²) >= 11 is 0. The summed E-state index contributed by atoms with van der Waals surface area (Å²) in [5, 5.41) is 10.3. The average molecular weight is 446 g/mol. The summed E-state index contributed by atoms with van der Waals surface area (Å²) in [6.45, 7) is 5.26. The lowest BCUT2D eigenvalue weighted by molar-refractivity contribution is -0.139. The first kappa shape index (κ1) is 22.3. The fraction of sp³-hybridized carbons (Fsp3) is 0.280. The number of anilines is 1. The van der Waals surface area contributed by atoms with Crippen molar-refractivity contribution in [2.24, 2.45) is 0 Å². The zero-order chi connectivity index (χ0) is 23.4. The molecular formula is C25H27N5O3. The van der Waals surface area contributed by atoms with E-state index in [1.807, 2.05) is 36.7 Å². The van der Waals surface area contributed by atoms with E-state index in [4.69, 9.17) is 0 Å². The van der Waals surface area contributed by atoms with Gasteiger partial charge < -0.3 is 10.6 Å². The molecule has 3 aromatic rings. The van der Waals surface area contributed by atoms with Gasteiger partial charge in [0.25, 0.3) is 0 Å². The number of rotatable bonds is 7. The van der Waals surface area contributed by atoms with Gasteiger partial charge in [-0.05, 0) is 37.1 Å². The first-order valence-corrected chi connectivity index (χ1v) is 10.9. The van der Waals surface area contributed by atoms with E-state index in [9.17, 15) is 14.4 Å². The molecule has 4 amide bonds. The molecule has 0 bridgehead atoms. The van der Waals surface area contributed by atoms with Gasteiger partial charge in [0.15, 0.2) is 0 Å². The Morgan fingerprint density at radius 1 is 0.909 bits per heavy atom. The first-order valence-electron chi connectivity index (χ1n) is 10.9. The number of likely N-dealkylation sites (tertiary alicyclic amines) is 1. The summed E-state index contributed by atoms with van der Waals surface area (Å²) in [6, 6.07) is 16.9. The molecule has 0 spiro atoms. The highest BCUT2D eigenvalue weighted by Crippen LogP contribution is 2.18. The molecule has 2 heterocycles. The number of nitrogens with zero attached hydrogens (tertiary/aromatic N) is 3. The quantitative estimate of drug-likeness (QED) is 0.544. The van der Waals surface area contributed by atoms with Gasteiger partial charge >= 0.3 is 6.03 Å². The van der Waals surface area contributed by atoms with Gasteiger partial charge in [-0.15, -0.1) is 0 Å². The van der Waals surface area contributed by atoms with Gasteiger partial charge in [0, 0.05) is 36.3 Å². The minimum absolute atomic E-state index is 0.140. The highest BCUT2D eigenvalue weighted by Gasteiger charge is 2.28. The van der Waals surface area contributed by atoms with Gasteiger partial charge in [0.2, 0.25) is 11.8 Å². The Labute approximate surface area is 192 Å². The predicted molar refractivity (Wildman–Crippen MR) is 124 cm³/mol. The maximum Gasteiger partial charge on any atom is 0.319 e. The van der Waals surface area contributed by atoms with Crippen LogP contribution in [0.15, 0.2) is 54.6 Å². The van der Waals surface area contributed by atoms with Gasteiger partial charge in [-0.3, -0.25) is 19.2 Å². The van der Waals surface area contributed by atoms with E-state index in [1.54, 1.807) is 24.3 Å². The number of carbonyl (C=O) groups is 3. The van der Waals surface area contributed by atoms with Crippen LogP contribution >= 0.6 is 0 Å². The van der Waals surface area contributed by atoms with Gasteiger partial charge in [0.1, 0.15) is 0 Å². The van der Waals surface area contributed by atoms with Crippen molar-refractivity contribution in [2.45, 2.75) is 46.3 Å². The number of nitrogens with one attached hydrogen (secondary N) is 2. The Balaban J connectivity index is 1.31. The van der Waals surface area contributed by atoms with Crippen molar-refractivity contribution in [3.63, 3.8) is 0 Å². The molecule has 0 atom stereocenters. The molecule has 0 saturated carbocycles. The minimum Gasteiger partial charge on any atom is -0.334 e. The predicted octanol–water partition coefficient (Wildman–Crippen LogP) is 3.52. The fourth-order valence-corrected chi connectivity index (χ4v) is 3.92. The number of imide groups is 1. The number of hydrogen-bond donors (Lipinski definition) is 2. The van der Waals surface area contributed by atoms with E-state index in [2.05, 4.69) is 27.9 Å². The van der Waals surface area contributed by atoms with Crippen LogP contribution in [0.5, 0.6) is 0 Å². The molecule has 1 aromatic heterocycles. The molecule has 8 nitrogen and oxygen atoms in total. The van der Waals surface area contributed by atoms with E-state index in [0.29, 0.717) is 18.8 Å². The lowest BCUT2D eigenvalue weighted by Crippen LogP contribution is -2.29. The van der Waals surface area contributed by atoms with Gasteiger partial charge in [-0.1, -0.05) is 42.5 Å². The maximum atomic E-state index is 12.4. The van der Waals surface area contributed by atoms with Crippen molar-refractivity contribution in [1.29, 1.82) is 0 Å². The van der Waals surface area contributed by atoms with Crippen molar-refractivity contribution in [3.05, 3.63) is 82.7 Å². The SMILES string of the molecule is Cc1nn(Cc2ccccc2)c(C)c1CNC(=O)Nc1ccc(CN2C(=O)CCC2=O)cc1. The Bertz CT molecular complexity index is 1150. The molecule has 1 saturated heterocycles. The molecule has 1 fully saturated rings. The number of aromatic nitrogens is 2. The molecular weight excluding hydrogens is 418 g/mol. The topological polar surface area (TPSA) is 96.3 Å². The summed E-state index contributed by atoms with van der Waals surface area (Å²) < 4.78 is 1.95. The van der Waals surface area contributed by atoms with Gasteiger partial charge in [0.05, 0.1) is 18.8 Å². The third-order valence-electron chi connectivity index (χ3n) is 5.84. The fourth-order valence-electron chi connectivity index (χ4n) is 3.92. The number of urea groups is 1. The summed E-state index contributed by atoms with van der Waals surface area (Å²) in [6.07, 6.45) is 0.561. The number of benzene rings is 2. The lowest BCUT2D eigenvalue weighted by Gasteiger charge is -2.14. The molecule has 170 valence electrons. The van der Waals surface area contributed by atoms with Crippen molar-refractivity contribution in [2.75, 3.05) is 5.32 Å². The van der Waals surface area contributed by atoms with E-state index in [-0.39, 0.29) is 37.2 Å². The van der Waals surface area contributed by atoms with Crippen molar-refractivity contribution < 1.29 is 14.4 Å². The molecule has 0 radical (unpaired) electrons. The molecule has 1 aliphatic rings.